The van der Waals surface area contributed by atoms with Crippen LogP contribution in [0.25, 0.3) is 11.0 Å². The Morgan fingerprint density at radius 1 is 1.44 bits per heavy atom. The van der Waals surface area contributed by atoms with E-state index in [4.69, 9.17) is 0 Å². The first-order valence-electron chi connectivity index (χ1n) is 5.80. The maximum atomic E-state index is 4.39. The minimum Gasteiger partial charge on any atom is -0.384 e. The molecule has 0 fully saturated rings. The standard InChI is InChI=1S/C12H18N4/c1-4-6-13-11-5-7-14-12-10(11)8-15-16(12)9(2)3/h5,7-9H,4,6H2,1-3H3,(H,13,14). The van der Waals surface area contributed by atoms with Gasteiger partial charge in [0.05, 0.1) is 11.6 Å². The highest BCUT2D eigenvalue weighted by molar-refractivity contribution is 5.88. The Bertz CT molecular complexity index is 473. The molecule has 0 unspecified atom stereocenters. The summed E-state index contributed by atoms with van der Waals surface area (Å²) in [5.74, 6) is 0. The molecule has 0 saturated carbocycles. The number of aromatic nitrogens is 3. The van der Waals surface area contributed by atoms with Crippen molar-refractivity contribution in [2.45, 2.75) is 33.2 Å². The molecule has 2 rings (SSSR count). The predicted molar refractivity (Wildman–Crippen MR) is 66.7 cm³/mol. The van der Waals surface area contributed by atoms with Crippen molar-refractivity contribution in [3.8, 4) is 0 Å². The predicted octanol–water partition coefficient (Wildman–Crippen LogP) is 2.83. The summed E-state index contributed by atoms with van der Waals surface area (Å²) in [6.45, 7) is 7.36. The zero-order valence-electron chi connectivity index (χ0n) is 10.1. The maximum Gasteiger partial charge on any atom is 0.160 e. The van der Waals surface area contributed by atoms with E-state index in [1.807, 2.05) is 23.1 Å². The van der Waals surface area contributed by atoms with Crippen molar-refractivity contribution in [1.29, 1.82) is 0 Å². The van der Waals surface area contributed by atoms with E-state index in [1.165, 1.54) is 0 Å². The summed E-state index contributed by atoms with van der Waals surface area (Å²) in [5, 5.41) is 8.88. The third-order valence-corrected chi connectivity index (χ3v) is 2.55. The van der Waals surface area contributed by atoms with Crippen LogP contribution in [0.4, 0.5) is 5.69 Å². The molecule has 0 radical (unpaired) electrons. The van der Waals surface area contributed by atoms with Crippen molar-refractivity contribution in [2.75, 3.05) is 11.9 Å². The van der Waals surface area contributed by atoms with E-state index in [0.717, 1.165) is 29.7 Å². The fourth-order valence-electron chi connectivity index (χ4n) is 1.74. The molecule has 0 aliphatic heterocycles. The molecule has 0 aliphatic rings. The van der Waals surface area contributed by atoms with Crippen molar-refractivity contribution < 1.29 is 0 Å². The van der Waals surface area contributed by atoms with Gasteiger partial charge in [-0.05, 0) is 26.3 Å². The second-order valence-corrected chi connectivity index (χ2v) is 4.21. The molecule has 0 aliphatic carbocycles. The minimum absolute atomic E-state index is 0.339. The smallest absolute Gasteiger partial charge is 0.160 e. The molecule has 4 heteroatoms. The largest absolute Gasteiger partial charge is 0.384 e. The van der Waals surface area contributed by atoms with Gasteiger partial charge in [0, 0.05) is 24.5 Å². The second-order valence-electron chi connectivity index (χ2n) is 4.21. The van der Waals surface area contributed by atoms with Gasteiger partial charge in [0.15, 0.2) is 5.65 Å². The highest BCUT2D eigenvalue weighted by atomic mass is 15.3. The van der Waals surface area contributed by atoms with E-state index in [0.29, 0.717) is 6.04 Å². The summed E-state index contributed by atoms with van der Waals surface area (Å²) in [6.07, 6.45) is 4.84. The number of nitrogens with one attached hydrogen (secondary N) is 1. The molecular formula is C12H18N4. The Balaban J connectivity index is 2.45. The van der Waals surface area contributed by atoms with Crippen LogP contribution in [0.1, 0.15) is 33.2 Å². The second kappa shape index (κ2) is 4.51. The molecule has 4 nitrogen and oxygen atoms in total. The third kappa shape index (κ3) is 1.87. The van der Waals surface area contributed by atoms with Gasteiger partial charge in [-0.25, -0.2) is 9.67 Å². The average Bonchev–Trinajstić information content (AvgIpc) is 2.70. The van der Waals surface area contributed by atoms with Crippen LogP contribution in [0.5, 0.6) is 0 Å². The molecule has 0 saturated heterocycles. The molecule has 2 aromatic heterocycles. The molecule has 0 aromatic carbocycles. The molecule has 2 aromatic rings. The van der Waals surface area contributed by atoms with Crippen LogP contribution >= 0.6 is 0 Å². The van der Waals surface area contributed by atoms with Gasteiger partial charge in [-0.3, -0.25) is 0 Å². The Hall–Kier alpha value is -1.58. The lowest BCUT2D eigenvalue weighted by Gasteiger charge is -2.08. The van der Waals surface area contributed by atoms with Gasteiger partial charge in [0.25, 0.3) is 0 Å². The Morgan fingerprint density at radius 3 is 2.94 bits per heavy atom. The normalized spacial score (nSPS) is 11.2. The van der Waals surface area contributed by atoms with Gasteiger partial charge in [-0.1, -0.05) is 6.92 Å². The van der Waals surface area contributed by atoms with Crippen LogP contribution in [0, 0.1) is 0 Å². The van der Waals surface area contributed by atoms with Crippen molar-refractivity contribution in [1.82, 2.24) is 14.8 Å². The van der Waals surface area contributed by atoms with Gasteiger partial charge in [-0.2, -0.15) is 5.10 Å². The van der Waals surface area contributed by atoms with E-state index >= 15 is 0 Å². The van der Waals surface area contributed by atoms with Crippen LogP contribution in [-0.2, 0) is 0 Å². The first kappa shape index (κ1) is 10.9. The van der Waals surface area contributed by atoms with Crippen LogP contribution in [-0.4, -0.2) is 21.3 Å². The van der Waals surface area contributed by atoms with Crippen molar-refractivity contribution in [3.05, 3.63) is 18.5 Å². The number of nitrogens with zero attached hydrogens (tertiary/aromatic N) is 3. The summed E-state index contributed by atoms with van der Waals surface area (Å²) in [5.41, 5.74) is 2.08. The van der Waals surface area contributed by atoms with Gasteiger partial charge in [-0.15, -0.1) is 0 Å². The minimum atomic E-state index is 0.339. The molecule has 2 heterocycles. The van der Waals surface area contributed by atoms with E-state index < -0.39 is 0 Å². The van der Waals surface area contributed by atoms with Crippen LogP contribution < -0.4 is 5.32 Å². The highest BCUT2D eigenvalue weighted by Gasteiger charge is 2.09. The first-order chi connectivity index (χ1) is 7.74. The first-order valence-corrected chi connectivity index (χ1v) is 5.80. The molecule has 16 heavy (non-hydrogen) atoms. The highest BCUT2D eigenvalue weighted by Crippen LogP contribution is 2.22. The number of hydrogen-bond donors (Lipinski definition) is 1. The van der Waals surface area contributed by atoms with Gasteiger partial charge < -0.3 is 5.32 Å². The lowest BCUT2D eigenvalue weighted by molar-refractivity contribution is 0.546. The Kier molecular flexibility index (Phi) is 3.08. The lowest BCUT2D eigenvalue weighted by Crippen LogP contribution is -2.04. The molecule has 0 atom stereocenters. The number of hydrogen-bond acceptors (Lipinski definition) is 3. The topological polar surface area (TPSA) is 42.7 Å². The van der Waals surface area contributed by atoms with E-state index in [9.17, 15) is 0 Å². The molecule has 1 N–H and O–H groups in total. The number of rotatable bonds is 4. The third-order valence-electron chi connectivity index (χ3n) is 2.55. The molecule has 0 spiro atoms. The van der Waals surface area contributed by atoms with Crippen molar-refractivity contribution in [2.24, 2.45) is 0 Å². The van der Waals surface area contributed by atoms with Crippen LogP contribution in [0.15, 0.2) is 18.5 Å². The zero-order chi connectivity index (χ0) is 11.5. The van der Waals surface area contributed by atoms with Gasteiger partial charge in [0.2, 0.25) is 0 Å². The van der Waals surface area contributed by atoms with Crippen LogP contribution in [0.3, 0.4) is 0 Å². The van der Waals surface area contributed by atoms with Crippen molar-refractivity contribution in [3.63, 3.8) is 0 Å². The van der Waals surface area contributed by atoms with E-state index in [1.54, 1.807) is 0 Å². The molecule has 0 bridgehead atoms. The fraction of sp³-hybridized carbons (Fsp3) is 0.500. The molecular weight excluding hydrogens is 200 g/mol. The summed E-state index contributed by atoms with van der Waals surface area (Å²) >= 11 is 0. The summed E-state index contributed by atoms with van der Waals surface area (Å²) in [7, 11) is 0. The van der Waals surface area contributed by atoms with E-state index in [-0.39, 0.29) is 0 Å². The summed E-state index contributed by atoms with van der Waals surface area (Å²) in [4.78, 5) is 4.39. The maximum absolute atomic E-state index is 4.39. The zero-order valence-corrected chi connectivity index (χ0v) is 10.1. The number of fused-ring (bicyclic) bond motifs is 1. The van der Waals surface area contributed by atoms with Crippen molar-refractivity contribution >= 4 is 16.7 Å². The van der Waals surface area contributed by atoms with E-state index in [2.05, 4.69) is 36.2 Å². The Morgan fingerprint density at radius 2 is 2.25 bits per heavy atom. The monoisotopic (exact) mass is 218 g/mol. The fourth-order valence-corrected chi connectivity index (χ4v) is 1.74. The lowest BCUT2D eigenvalue weighted by atomic mass is 10.3. The SMILES string of the molecule is CCCNc1ccnc2c1cnn2C(C)C. The number of pyridine rings is 1. The Labute approximate surface area is 95.7 Å². The molecule has 86 valence electrons. The summed E-state index contributed by atoms with van der Waals surface area (Å²) in [6, 6.07) is 2.34. The molecule has 0 amide bonds. The average molecular weight is 218 g/mol. The summed E-state index contributed by atoms with van der Waals surface area (Å²) < 4.78 is 1.95. The number of anilines is 1. The van der Waals surface area contributed by atoms with Gasteiger partial charge >= 0.3 is 0 Å². The van der Waals surface area contributed by atoms with Crippen LogP contribution in [0.2, 0.25) is 0 Å². The quantitative estimate of drug-likeness (QED) is 0.858. The van der Waals surface area contributed by atoms with Gasteiger partial charge in [0.1, 0.15) is 0 Å².